The maximum Gasteiger partial charge on any atom is 0.147 e. The van der Waals surface area contributed by atoms with Crippen LogP contribution in [0.1, 0.15) is 5.56 Å². The van der Waals surface area contributed by atoms with Crippen molar-refractivity contribution in [2.75, 3.05) is 44.4 Å². The topological polar surface area (TPSA) is 33.7 Å². The van der Waals surface area contributed by atoms with Gasteiger partial charge in [-0.05, 0) is 6.07 Å². The average Bonchev–Trinajstić information content (AvgIpc) is 2.64. The number of ether oxygens (including phenoxy) is 2. The summed E-state index contributed by atoms with van der Waals surface area (Å²) in [6, 6.07) is 6.40. The SMILES string of the molecule is c1cc2c(c(N3CCOCC3)c1)OCCNC2. The fraction of sp³-hybridized carbons (Fsp3) is 0.538. The van der Waals surface area contributed by atoms with Crippen LogP contribution in [0, 0.1) is 0 Å². The Bertz CT molecular complexity index is 389. The van der Waals surface area contributed by atoms with Crippen LogP contribution in [0.3, 0.4) is 0 Å². The molecule has 0 aliphatic carbocycles. The van der Waals surface area contributed by atoms with E-state index in [0.29, 0.717) is 0 Å². The largest absolute Gasteiger partial charge is 0.490 e. The van der Waals surface area contributed by atoms with Gasteiger partial charge in [0.25, 0.3) is 0 Å². The van der Waals surface area contributed by atoms with Crippen molar-refractivity contribution in [3.8, 4) is 5.75 Å². The van der Waals surface area contributed by atoms with E-state index in [4.69, 9.17) is 9.47 Å². The summed E-state index contributed by atoms with van der Waals surface area (Å²) < 4.78 is 11.3. The lowest BCUT2D eigenvalue weighted by Gasteiger charge is -2.30. The van der Waals surface area contributed by atoms with E-state index in [2.05, 4.69) is 28.4 Å². The van der Waals surface area contributed by atoms with Crippen LogP contribution < -0.4 is 15.0 Å². The van der Waals surface area contributed by atoms with Crippen LogP contribution in [0.25, 0.3) is 0 Å². The Morgan fingerprint density at radius 2 is 2.00 bits per heavy atom. The molecule has 0 radical (unpaired) electrons. The molecule has 1 N–H and O–H groups in total. The molecule has 0 saturated carbocycles. The Hall–Kier alpha value is -1.26. The summed E-state index contributed by atoms with van der Waals surface area (Å²) >= 11 is 0. The van der Waals surface area contributed by atoms with Crippen molar-refractivity contribution in [1.29, 1.82) is 0 Å². The number of nitrogens with zero attached hydrogens (tertiary/aromatic N) is 1. The molecule has 4 heteroatoms. The Morgan fingerprint density at radius 3 is 2.88 bits per heavy atom. The van der Waals surface area contributed by atoms with Gasteiger partial charge in [-0.2, -0.15) is 0 Å². The van der Waals surface area contributed by atoms with E-state index in [1.54, 1.807) is 0 Å². The Kier molecular flexibility index (Phi) is 3.16. The minimum atomic E-state index is 0.744. The number of rotatable bonds is 1. The normalized spacial score (nSPS) is 20.4. The lowest BCUT2D eigenvalue weighted by molar-refractivity contribution is 0.122. The smallest absolute Gasteiger partial charge is 0.147 e. The molecule has 0 unspecified atom stereocenters. The molecule has 1 saturated heterocycles. The predicted octanol–water partition coefficient (Wildman–Crippen LogP) is 1.01. The third-order valence-corrected chi connectivity index (χ3v) is 3.27. The van der Waals surface area contributed by atoms with Crippen molar-refractivity contribution < 1.29 is 9.47 Å². The molecule has 2 heterocycles. The van der Waals surface area contributed by atoms with Crippen LogP contribution in [0.4, 0.5) is 5.69 Å². The minimum Gasteiger partial charge on any atom is -0.490 e. The van der Waals surface area contributed by atoms with Gasteiger partial charge in [-0.25, -0.2) is 0 Å². The van der Waals surface area contributed by atoms with Crippen molar-refractivity contribution in [1.82, 2.24) is 5.32 Å². The van der Waals surface area contributed by atoms with Gasteiger partial charge in [0.05, 0.1) is 18.9 Å². The summed E-state index contributed by atoms with van der Waals surface area (Å²) in [6.45, 7) is 6.07. The molecule has 0 atom stereocenters. The van der Waals surface area contributed by atoms with Gasteiger partial charge in [0.2, 0.25) is 0 Å². The van der Waals surface area contributed by atoms with E-state index < -0.39 is 0 Å². The lowest BCUT2D eigenvalue weighted by Crippen LogP contribution is -2.36. The first kappa shape index (κ1) is 10.9. The van der Waals surface area contributed by atoms with Crippen LogP contribution in [0.15, 0.2) is 18.2 Å². The zero-order chi connectivity index (χ0) is 11.5. The average molecular weight is 234 g/mol. The zero-order valence-corrected chi connectivity index (χ0v) is 9.95. The quantitative estimate of drug-likeness (QED) is 0.786. The molecule has 2 aliphatic heterocycles. The van der Waals surface area contributed by atoms with Crippen molar-refractivity contribution in [3.05, 3.63) is 23.8 Å². The van der Waals surface area contributed by atoms with E-state index in [1.807, 2.05) is 0 Å². The first-order chi connectivity index (χ1) is 8.45. The molecule has 1 aromatic carbocycles. The number of benzene rings is 1. The van der Waals surface area contributed by atoms with Crippen LogP contribution in [-0.2, 0) is 11.3 Å². The van der Waals surface area contributed by atoms with Crippen molar-refractivity contribution in [2.45, 2.75) is 6.54 Å². The Morgan fingerprint density at radius 1 is 1.12 bits per heavy atom. The number of nitrogens with one attached hydrogen (secondary N) is 1. The predicted molar refractivity (Wildman–Crippen MR) is 66.7 cm³/mol. The molecule has 4 nitrogen and oxygen atoms in total. The van der Waals surface area contributed by atoms with E-state index in [9.17, 15) is 0 Å². The number of hydrogen-bond donors (Lipinski definition) is 1. The molecular weight excluding hydrogens is 216 g/mol. The second-order valence-corrected chi connectivity index (χ2v) is 4.39. The summed E-state index contributed by atoms with van der Waals surface area (Å²) in [7, 11) is 0. The summed E-state index contributed by atoms with van der Waals surface area (Å²) in [5.41, 5.74) is 2.47. The molecule has 1 aromatic rings. The van der Waals surface area contributed by atoms with Gasteiger partial charge in [-0.3, -0.25) is 0 Å². The molecule has 2 aliphatic rings. The first-order valence-corrected chi connectivity index (χ1v) is 6.23. The van der Waals surface area contributed by atoms with Crippen LogP contribution in [0.5, 0.6) is 5.75 Å². The van der Waals surface area contributed by atoms with Gasteiger partial charge in [-0.1, -0.05) is 12.1 Å². The zero-order valence-electron chi connectivity index (χ0n) is 9.95. The highest BCUT2D eigenvalue weighted by atomic mass is 16.5. The Labute approximate surface area is 102 Å². The molecule has 0 aromatic heterocycles. The molecule has 0 bridgehead atoms. The van der Waals surface area contributed by atoms with E-state index >= 15 is 0 Å². The number of morpholine rings is 1. The van der Waals surface area contributed by atoms with Gasteiger partial charge in [0.1, 0.15) is 12.4 Å². The van der Waals surface area contributed by atoms with Crippen molar-refractivity contribution in [2.24, 2.45) is 0 Å². The summed E-state index contributed by atoms with van der Waals surface area (Å²) in [5, 5.41) is 3.37. The fourth-order valence-corrected chi connectivity index (χ4v) is 2.38. The summed E-state index contributed by atoms with van der Waals surface area (Å²) in [6.07, 6.45) is 0. The standard InChI is InChI=1S/C13H18N2O2/c1-2-11-10-14-4-7-17-13(11)12(3-1)15-5-8-16-9-6-15/h1-3,14H,4-10H2. The maximum atomic E-state index is 5.89. The molecule has 3 rings (SSSR count). The monoisotopic (exact) mass is 234 g/mol. The third-order valence-electron chi connectivity index (χ3n) is 3.27. The fourth-order valence-electron chi connectivity index (χ4n) is 2.38. The van der Waals surface area contributed by atoms with Crippen molar-refractivity contribution in [3.63, 3.8) is 0 Å². The molecule has 17 heavy (non-hydrogen) atoms. The van der Waals surface area contributed by atoms with Gasteiger partial charge in [0, 0.05) is 31.7 Å². The second kappa shape index (κ2) is 4.94. The van der Waals surface area contributed by atoms with E-state index in [-0.39, 0.29) is 0 Å². The second-order valence-electron chi connectivity index (χ2n) is 4.39. The molecule has 1 fully saturated rings. The van der Waals surface area contributed by atoms with Gasteiger partial charge in [-0.15, -0.1) is 0 Å². The molecular formula is C13H18N2O2. The Balaban J connectivity index is 1.92. The summed E-state index contributed by atoms with van der Waals surface area (Å²) in [4.78, 5) is 2.35. The summed E-state index contributed by atoms with van der Waals surface area (Å²) in [5.74, 6) is 1.06. The van der Waals surface area contributed by atoms with Gasteiger partial charge < -0.3 is 19.7 Å². The third kappa shape index (κ3) is 2.23. The van der Waals surface area contributed by atoms with Crippen LogP contribution in [-0.4, -0.2) is 39.5 Å². The highest BCUT2D eigenvalue weighted by Crippen LogP contribution is 2.33. The number of hydrogen-bond acceptors (Lipinski definition) is 4. The van der Waals surface area contributed by atoms with Gasteiger partial charge in [0.15, 0.2) is 0 Å². The van der Waals surface area contributed by atoms with E-state index in [1.165, 1.54) is 11.3 Å². The number of anilines is 1. The number of fused-ring (bicyclic) bond motifs is 1. The highest BCUT2D eigenvalue weighted by Gasteiger charge is 2.19. The highest BCUT2D eigenvalue weighted by molar-refractivity contribution is 5.62. The molecule has 0 spiro atoms. The van der Waals surface area contributed by atoms with Crippen LogP contribution in [0.2, 0.25) is 0 Å². The lowest BCUT2D eigenvalue weighted by atomic mass is 10.1. The number of para-hydroxylation sites is 1. The van der Waals surface area contributed by atoms with Gasteiger partial charge >= 0.3 is 0 Å². The maximum absolute atomic E-state index is 5.89. The molecule has 0 amide bonds. The molecule has 92 valence electrons. The van der Waals surface area contributed by atoms with Crippen LogP contribution >= 0.6 is 0 Å². The van der Waals surface area contributed by atoms with E-state index in [0.717, 1.165) is 51.7 Å². The minimum absolute atomic E-state index is 0.744. The first-order valence-electron chi connectivity index (χ1n) is 6.23. The van der Waals surface area contributed by atoms with Crippen molar-refractivity contribution >= 4 is 5.69 Å².